The molecule has 1 aromatic heterocycles. The number of carbonyl (C=O) groups is 2. The minimum atomic E-state index is -3.78. The molecule has 0 unspecified atom stereocenters. The van der Waals surface area contributed by atoms with Gasteiger partial charge in [-0.3, -0.25) is 9.78 Å². The van der Waals surface area contributed by atoms with Gasteiger partial charge >= 0.3 is 6.03 Å². The Balaban J connectivity index is 0.00000338. The van der Waals surface area contributed by atoms with Gasteiger partial charge in [0.15, 0.2) is 0 Å². The Morgan fingerprint density at radius 2 is 1.46 bits per heavy atom. The maximum absolute atomic E-state index is 13.5. The van der Waals surface area contributed by atoms with Crippen LogP contribution in [0.2, 0.25) is 0 Å². The summed E-state index contributed by atoms with van der Waals surface area (Å²) in [6, 6.07) is 29.8. The lowest BCUT2D eigenvalue weighted by molar-refractivity contribution is -0.120. The van der Waals surface area contributed by atoms with Crippen molar-refractivity contribution in [2.24, 2.45) is 5.14 Å². The van der Waals surface area contributed by atoms with Crippen LogP contribution in [0.5, 0.6) is 0 Å². The minimum Gasteiger partial charge on any atom is -0.354 e. The van der Waals surface area contributed by atoms with Gasteiger partial charge in [-0.05, 0) is 85.8 Å². The number of nitrogens with zero attached hydrogens (tertiary/aromatic N) is 3. The van der Waals surface area contributed by atoms with Gasteiger partial charge in [0.05, 0.1) is 22.7 Å². The third-order valence-electron chi connectivity index (χ3n) is 8.44. The number of sulfonamides is 1. The molecule has 50 heavy (non-hydrogen) atoms. The summed E-state index contributed by atoms with van der Waals surface area (Å²) in [4.78, 5) is 35.0. The molecule has 0 spiro atoms. The average molecular weight is 742 g/mol. The number of primary sulfonamides is 1. The summed E-state index contributed by atoms with van der Waals surface area (Å²) in [7, 11) is -3.78. The first-order valence-corrected chi connectivity index (χ1v) is 18.0. The van der Waals surface area contributed by atoms with Crippen LogP contribution in [0.1, 0.15) is 35.2 Å². The molecule has 0 radical (unpaired) electrons. The van der Waals surface area contributed by atoms with Crippen molar-refractivity contribution in [3.8, 4) is 11.3 Å². The number of benzene rings is 3. The van der Waals surface area contributed by atoms with Crippen molar-refractivity contribution >= 4 is 46.8 Å². The van der Waals surface area contributed by atoms with E-state index < -0.39 is 10.0 Å². The normalized spacial score (nSPS) is 12.7. The fraction of sp³-hybridized carbons (Fsp3) is 0.324. The smallest absolute Gasteiger partial charge is 0.317 e. The molecular formula is C37H46Cl2N6O4S. The van der Waals surface area contributed by atoms with E-state index in [-0.39, 0.29) is 48.1 Å². The number of pyridine rings is 1. The molecular weight excluding hydrogens is 695 g/mol. The number of hydrogen-bond donors (Lipinski definition) is 3. The van der Waals surface area contributed by atoms with Gasteiger partial charge in [-0.15, -0.1) is 24.8 Å². The Hall–Kier alpha value is -4.00. The maximum atomic E-state index is 13.5. The second kappa shape index (κ2) is 20.0. The summed E-state index contributed by atoms with van der Waals surface area (Å²) in [6.07, 6.45) is 3.91. The highest BCUT2D eigenvalue weighted by molar-refractivity contribution is 7.89. The molecule has 0 saturated carbocycles. The number of hydrogen-bond acceptors (Lipinski definition) is 6. The Morgan fingerprint density at radius 1 is 0.780 bits per heavy atom. The molecule has 3 aromatic carbocycles. The van der Waals surface area contributed by atoms with E-state index in [1.54, 1.807) is 17.0 Å². The van der Waals surface area contributed by atoms with E-state index in [0.717, 1.165) is 47.6 Å². The maximum Gasteiger partial charge on any atom is 0.317 e. The molecule has 10 nitrogen and oxygen atoms in total. The molecule has 268 valence electrons. The number of rotatable bonds is 15. The van der Waals surface area contributed by atoms with Crippen LogP contribution < -0.4 is 15.8 Å². The summed E-state index contributed by atoms with van der Waals surface area (Å²) in [5.74, 6) is -0.0409. The van der Waals surface area contributed by atoms with Crippen LogP contribution in [0.15, 0.2) is 102 Å². The zero-order valence-corrected chi connectivity index (χ0v) is 30.4. The van der Waals surface area contributed by atoms with Gasteiger partial charge in [0, 0.05) is 38.3 Å². The highest BCUT2D eigenvalue weighted by atomic mass is 35.5. The van der Waals surface area contributed by atoms with E-state index >= 15 is 0 Å². The fourth-order valence-electron chi connectivity index (χ4n) is 5.81. The van der Waals surface area contributed by atoms with Crippen molar-refractivity contribution in [2.75, 3.05) is 39.3 Å². The molecule has 2 heterocycles. The van der Waals surface area contributed by atoms with E-state index in [0.29, 0.717) is 44.7 Å². The molecule has 0 aliphatic carbocycles. The van der Waals surface area contributed by atoms with Gasteiger partial charge in [0.1, 0.15) is 0 Å². The van der Waals surface area contributed by atoms with Gasteiger partial charge in [0.25, 0.3) is 0 Å². The van der Waals surface area contributed by atoms with Crippen molar-refractivity contribution in [1.82, 2.24) is 25.4 Å². The van der Waals surface area contributed by atoms with E-state index in [4.69, 9.17) is 10.1 Å². The lowest BCUT2D eigenvalue weighted by atomic mass is 10.1. The lowest BCUT2D eigenvalue weighted by Crippen LogP contribution is -2.41. The zero-order valence-electron chi connectivity index (χ0n) is 28.0. The largest absolute Gasteiger partial charge is 0.354 e. The monoisotopic (exact) mass is 740 g/mol. The van der Waals surface area contributed by atoms with Crippen LogP contribution in [-0.4, -0.2) is 74.4 Å². The molecule has 1 fully saturated rings. The van der Waals surface area contributed by atoms with E-state index in [1.807, 2.05) is 72.8 Å². The van der Waals surface area contributed by atoms with Gasteiger partial charge in [-0.2, -0.15) is 0 Å². The van der Waals surface area contributed by atoms with Crippen LogP contribution in [0.4, 0.5) is 4.79 Å². The lowest BCUT2D eigenvalue weighted by Gasteiger charge is -2.24. The van der Waals surface area contributed by atoms with E-state index in [2.05, 4.69) is 15.5 Å². The third-order valence-corrected chi connectivity index (χ3v) is 9.36. The van der Waals surface area contributed by atoms with Crippen LogP contribution in [0.3, 0.4) is 0 Å². The van der Waals surface area contributed by atoms with Crippen molar-refractivity contribution in [3.05, 3.63) is 119 Å². The molecule has 0 bridgehead atoms. The number of urea groups is 1. The molecule has 1 saturated heterocycles. The van der Waals surface area contributed by atoms with Crippen molar-refractivity contribution in [3.63, 3.8) is 0 Å². The van der Waals surface area contributed by atoms with E-state index in [1.165, 1.54) is 25.0 Å². The van der Waals surface area contributed by atoms with Gasteiger partial charge in [-0.1, -0.05) is 66.7 Å². The molecule has 3 amide bonds. The first-order chi connectivity index (χ1) is 23.2. The summed E-state index contributed by atoms with van der Waals surface area (Å²) in [5, 5.41) is 11.3. The zero-order chi connectivity index (χ0) is 33.8. The topological polar surface area (TPSA) is 138 Å². The molecule has 0 atom stereocenters. The van der Waals surface area contributed by atoms with Crippen LogP contribution in [0.25, 0.3) is 11.3 Å². The van der Waals surface area contributed by atoms with Crippen LogP contribution in [0, 0.1) is 0 Å². The molecule has 5 rings (SSSR count). The molecule has 4 aromatic rings. The van der Waals surface area contributed by atoms with Crippen LogP contribution >= 0.6 is 24.8 Å². The quantitative estimate of drug-likeness (QED) is 0.157. The fourth-order valence-corrected chi connectivity index (χ4v) is 6.32. The predicted octanol–water partition coefficient (Wildman–Crippen LogP) is 4.99. The Bertz CT molecular complexity index is 1770. The van der Waals surface area contributed by atoms with E-state index in [9.17, 15) is 18.0 Å². The van der Waals surface area contributed by atoms with Gasteiger partial charge < -0.3 is 20.4 Å². The Kier molecular flexibility index (Phi) is 16.2. The number of amides is 3. The third kappa shape index (κ3) is 12.7. The standard InChI is InChI=1S/C37H44N6O4S.2ClH/c38-48(46,47)34-16-14-30(15-17-34)19-24-43(37(45)40-20-18-29-8-2-1-3-9-29)28-31-10-6-11-32(26-31)35-13-7-12-33(41-35)27-36(44)39-21-25-42-22-4-5-23-42;;/h1-3,6-17,26H,4-5,18-25,27-28H2,(H,39,44)(H,40,45)(H2,38,46,47);2*1H. The highest BCUT2D eigenvalue weighted by Gasteiger charge is 2.16. The number of nitrogens with two attached hydrogens (primary N) is 1. The number of halogens is 2. The first kappa shape index (κ1) is 40.4. The SMILES string of the molecule is Cl.Cl.NS(=O)(=O)c1ccc(CCN(Cc2cccc(-c3cccc(CC(=O)NCCN4CCCC4)n3)c2)C(=O)NCCc2ccccc2)cc1. The number of likely N-dealkylation sites (tertiary alicyclic amines) is 1. The van der Waals surface area contributed by atoms with Crippen molar-refractivity contribution in [2.45, 2.75) is 43.5 Å². The summed E-state index contributed by atoms with van der Waals surface area (Å²) >= 11 is 0. The average Bonchev–Trinajstić information content (AvgIpc) is 3.61. The Morgan fingerprint density at radius 3 is 2.18 bits per heavy atom. The number of aromatic nitrogens is 1. The number of carbonyl (C=O) groups excluding carboxylic acids is 2. The van der Waals surface area contributed by atoms with Gasteiger partial charge in [0.2, 0.25) is 15.9 Å². The molecule has 13 heteroatoms. The summed E-state index contributed by atoms with van der Waals surface area (Å²) < 4.78 is 23.3. The van der Waals surface area contributed by atoms with Crippen molar-refractivity contribution in [1.29, 1.82) is 0 Å². The van der Waals surface area contributed by atoms with Gasteiger partial charge in [-0.25, -0.2) is 18.4 Å². The van der Waals surface area contributed by atoms with Crippen LogP contribution in [-0.2, 0) is 40.6 Å². The second-order valence-corrected chi connectivity index (χ2v) is 13.7. The number of nitrogens with one attached hydrogen (secondary N) is 2. The Labute approximate surface area is 307 Å². The first-order valence-electron chi connectivity index (χ1n) is 16.5. The molecule has 4 N–H and O–H groups in total. The highest BCUT2D eigenvalue weighted by Crippen LogP contribution is 2.20. The summed E-state index contributed by atoms with van der Waals surface area (Å²) in [5.41, 5.74) is 5.31. The minimum absolute atomic E-state index is 0. The predicted molar refractivity (Wildman–Crippen MR) is 202 cm³/mol. The molecule has 1 aliphatic rings. The molecule has 1 aliphatic heterocycles. The summed E-state index contributed by atoms with van der Waals surface area (Å²) in [6.45, 7) is 4.98. The second-order valence-electron chi connectivity index (χ2n) is 12.1. The van der Waals surface area contributed by atoms with Crippen molar-refractivity contribution < 1.29 is 18.0 Å².